The number of ketones is 1. The number of phenolic OH excluding ortho intramolecular Hbond substituents is 3. The van der Waals surface area contributed by atoms with Gasteiger partial charge in [-0.2, -0.15) is 0 Å². The summed E-state index contributed by atoms with van der Waals surface area (Å²) in [5.74, 6) is -1.02. The number of rotatable bonds is 5. The lowest BCUT2D eigenvalue weighted by molar-refractivity contribution is 0.103. The average molecular weight is 301 g/mol. The topological polar surface area (TPSA) is 81.0 Å². The first kappa shape index (κ1) is 15.7. The number of nitrogens with zero attached hydrogens (tertiary/aromatic N) is 1. The summed E-state index contributed by atoms with van der Waals surface area (Å²) in [5, 5.41) is 30.0. The van der Waals surface area contributed by atoms with E-state index in [0.717, 1.165) is 0 Å². The molecule has 2 aromatic carbocycles. The third kappa shape index (κ3) is 2.83. The van der Waals surface area contributed by atoms with Gasteiger partial charge >= 0.3 is 0 Å². The molecule has 0 radical (unpaired) electrons. The van der Waals surface area contributed by atoms with Crippen LogP contribution < -0.4 is 4.90 Å². The average Bonchev–Trinajstić information content (AvgIpc) is 2.51. The zero-order valence-corrected chi connectivity index (χ0v) is 12.6. The minimum Gasteiger partial charge on any atom is -0.507 e. The number of anilines is 1. The van der Waals surface area contributed by atoms with E-state index in [0.29, 0.717) is 18.8 Å². The number of carbonyl (C=O) groups is 1. The third-order valence-corrected chi connectivity index (χ3v) is 3.59. The summed E-state index contributed by atoms with van der Waals surface area (Å²) in [7, 11) is 0. The molecule has 22 heavy (non-hydrogen) atoms. The fourth-order valence-electron chi connectivity index (χ4n) is 2.38. The van der Waals surface area contributed by atoms with E-state index < -0.39 is 5.78 Å². The van der Waals surface area contributed by atoms with Gasteiger partial charge in [-0.3, -0.25) is 4.79 Å². The molecular weight excluding hydrogens is 282 g/mol. The molecule has 5 nitrogen and oxygen atoms in total. The smallest absolute Gasteiger partial charge is 0.200 e. The Balaban J connectivity index is 2.48. The maximum absolute atomic E-state index is 12.4. The first-order chi connectivity index (χ1) is 10.5. The summed E-state index contributed by atoms with van der Waals surface area (Å²) < 4.78 is 0. The first-order valence-corrected chi connectivity index (χ1v) is 7.13. The molecule has 0 fully saturated rings. The standard InChI is InChI=1S/C17H19NO4/c1-3-18(4-2)13-10-15(20)12(9-16(13)21)17(22)11-7-5-6-8-14(11)19/h5-10,19-21H,3-4H2,1-2H3. The van der Waals surface area contributed by atoms with E-state index in [4.69, 9.17) is 0 Å². The van der Waals surface area contributed by atoms with Crippen LogP contribution in [0.15, 0.2) is 36.4 Å². The summed E-state index contributed by atoms with van der Waals surface area (Å²) in [6.45, 7) is 5.19. The van der Waals surface area contributed by atoms with E-state index in [2.05, 4.69) is 0 Å². The number of para-hydroxylation sites is 1. The molecule has 2 aromatic rings. The Labute approximate surface area is 129 Å². The summed E-state index contributed by atoms with van der Waals surface area (Å²) in [6.07, 6.45) is 0. The Morgan fingerprint density at radius 2 is 1.55 bits per heavy atom. The molecule has 0 atom stereocenters. The van der Waals surface area contributed by atoms with Gasteiger partial charge in [0.2, 0.25) is 5.78 Å². The van der Waals surface area contributed by atoms with E-state index in [1.807, 2.05) is 18.7 Å². The molecule has 2 rings (SSSR count). The number of phenols is 3. The van der Waals surface area contributed by atoms with Crippen molar-refractivity contribution in [3.8, 4) is 17.2 Å². The van der Waals surface area contributed by atoms with E-state index in [1.165, 1.54) is 24.3 Å². The highest BCUT2D eigenvalue weighted by atomic mass is 16.3. The highest BCUT2D eigenvalue weighted by Crippen LogP contribution is 2.36. The maximum Gasteiger partial charge on any atom is 0.200 e. The molecule has 0 aliphatic heterocycles. The number of benzene rings is 2. The lowest BCUT2D eigenvalue weighted by atomic mass is 10.0. The molecule has 116 valence electrons. The van der Waals surface area contributed by atoms with Gasteiger partial charge < -0.3 is 20.2 Å². The van der Waals surface area contributed by atoms with Crippen molar-refractivity contribution in [3.05, 3.63) is 47.5 Å². The Morgan fingerprint density at radius 3 is 2.14 bits per heavy atom. The van der Waals surface area contributed by atoms with Gasteiger partial charge in [0.25, 0.3) is 0 Å². The van der Waals surface area contributed by atoms with Crippen LogP contribution >= 0.6 is 0 Å². The van der Waals surface area contributed by atoms with Gasteiger partial charge in [0.05, 0.1) is 16.8 Å². The number of hydrogen-bond acceptors (Lipinski definition) is 5. The molecule has 0 aliphatic rings. The van der Waals surface area contributed by atoms with Gasteiger partial charge in [0.15, 0.2) is 0 Å². The Kier molecular flexibility index (Phi) is 4.56. The lowest BCUT2D eigenvalue weighted by Crippen LogP contribution is -2.22. The summed E-state index contributed by atoms with van der Waals surface area (Å²) >= 11 is 0. The van der Waals surface area contributed by atoms with Crippen LogP contribution in [0.5, 0.6) is 17.2 Å². The predicted molar refractivity (Wildman–Crippen MR) is 84.9 cm³/mol. The van der Waals surface area contributed by atoms with Crippen molar-refractivity contribution in [2.75, 3.05) is 18.0 Å². The second-order valence-electron chi connectivity index (χ2n) is 4.88. The minimum atomic E-state index is -0.544. The van der Waals surface area contributed by atoms with Crippen LogP contribution in [0.25, 0.3) is 0 Å². The molecule has 0 saturated carbocycles. The molecule has 0 heterocycles. The molecular formula is C17H19NO4. The number of carbonyl (C=O) groups excluding carboxylic acids is 1. The van der Waals surface area contributed by atoms with E-state index in [-0.39, 0.29) is 28.4 Å². The van der Waals surface area contributed by atoms with Crippen LogP contribution in [0, 0.1) is 0 Å². The highest BCUT2D eigenvalue weighted by molar-refractivity contribution is 6.12. The predicted octanol–water partition coefficient (Wildman–Crippen LogP) is 2.88. The van der Waals surface area contributed by atoms with Gasteiger partial charge in [0, 0.05) is 19.2 Å². The van der Waals surface area contributed by atoms with Crippen molar-refractivity contribution in [2.45, 2.75) is 13.8 Å². The molecule has 0 unspecified atom stereocenters. The number of hydrogen-bond donors (Lipinski definition) is 3. The molecule has 0 aliphatic carbocycles. The summed E-state index contributed by atoms with van der Waals surface area (Å²) in [4.78, 5) is 14.3. The Bertz CT molecular complexity index is 693. The van der Waals surface area contributed by atoms with Crippen LogP contribution in [-0.2, 0) is 0 Å². The fraction of sp³-hybridized carbons (Fsp3) is 0.235. The lowest BCUT2D eigenvalue weighted by Gasteiger charge is -2.22. The normalized spacial score (nSPS) is 10.5. The van der Waals surface area contributed by atoms with Gasteiger partial charge in [-0.05, 0) is 32.0 Å². The molecule has 5 heteroatoms. The highest BCUT2D eigenvalue weighted by Gasteiger charge is 2.20. The number of aromatic hydroxyl groups is 3. The van der Waals surface area contributed by atoms with Crippen LogP contribution in [-0.4, -0.2) is 34.2 Å². The minimum absolute atomic E-state index is 0.0464. The third-order valence-electron chi connectivity index (χ3n) is 3.59. The first-order valence-electron chi connectivity index (χ1n) is 7.13. The van der Waals surface area contributed by atoms with Crippen molar-refractivity contribution >= 4 is 11.5 Å². The van der Waals surface area contributed by atoms with Crippen molar-refractivity contribution in [3.63, 3.8) is 0 Å². The van der Waals surface area contributed by atoms with Crippen LogP contribution in [0.3, 0.4) is 0 Å². The van der Waals surface area contributed by atoms with Crippen molar-refractivity contribution in [2.24, 2.45) is 0 Å². The zero-order valence-electron chi connectivity index (χ0n) is 12.6. The van der Waals surface area contributed by atoms with Gasteiger partial charge in [-0.15, -0.1) is 0 Å². The van der Waals surface area contributed by atoms with Gasteiger partial charge in [-0.1, -0.05) is 12.1 Å². The van der Waals surface area contributed by atoms with Crippen LogP contribution in [0.4, 0.5) is 5.69 Å². The van der Waals surface area contributed by atoms with E-state index in [1.54, 1.807) is 12.1 Å². The summed E-state index contributed by atoms with van der Waals surface area (Å²) in [5.41, 5.74) is 0.499. The molecule has 3 N–H and O–H groups in total. The maximum atomic E-state index is 12.4. The summed E-state index contributed by atoms with van der Waals surface area (Å²) in [6, 6.07) is 8.69. The fourth-order valence-corrected chi connectivity index (χ4v) is 2.38. The second-order valence-corrected chi connectivity index (χ2v) is 4.88. The van der Waals surface area contributed by atoms with Gasteiger partial charge in [-0.25, -0.2) is 0 Å². The largest absolute Gasteiger partial charge is 0.507 e. The van der Waals surface area contributed by atoms with Crippen molar-refractivity contribution in [1.82, 2.24) is 0 Å². The zero-order chi connectivity index (χ0) is 16.3. The van der Waals surface area contributed by atoms with Gasteiger partial charge in [0.1, 0.15) is 17.2 Å². The molecule has 0 saturated heterocycles. The Hall–Kier alpha value is -2.69. The van der Waals surface area contributed by atoms with Crippen LogP contribution in [0.2, 0.25) is 0 Å². The van der Waals surface area contributed by atoms with E-state index in [9.17, 15) is 20.1 Å². The molecule has 0 amide bonds. The second kappa shape index (κ2) is 6.39. The van der Waals surface area contributed by atoms with E-state index >= 15 is 0 Å². The quantitative estimate of drug-likeness (QED) is 0.584. The van der Waals surface area contributed by atoms with Crippen molar-refractivity contribution in [1.29, 1.82) is 0 Å². The molecule has 0 bridgehead atoms. The molecule has 0 aromatic heterocycles. The van der Waals surface area contributed by atoms with Crippen molar-refractivity contribution < 1.29 is 20.1 Å². The SMILES string of the molecule is CCN(CC)c1cc(O)c(C(=O)c2ccccc2O)cc1O. The van der Waals surface area contributed by atoms with Crippen LogP contribution in [0.1, 0.15) is 29.8 Å². The molecule has 0 spiro atoms. The monoisotopic (exact) mass is 301 g/mol. The Morgan fingerprint density at radius 1 is 0.909 bits per heavy atom.